The fourth-order valence-electron chi connectivity index (χ4n) is 1.47. The second kappa shape index (κ2) is 3.29. The monoisotopic (exact) mass is 192 g/mol. The van der Waals surface area contributed by atoms with Gasteiger partial charge in [0.05, 0.1) is 4.92 Å². The van der Waals surface area contributed by atoms with Crippen LogP contribution in [-0.4, -0.2) is 11.0 Å². The molecule has 14 heavy (non-hydrogen) atoms. The standard InChI is InChI=1S/C10H12N2O2/c1-7-3-2-4-9(10(7)12(13)14)11-8-5-6-8/h2-4,8,11H,5-6H2,1H3. The number of nitrogens with one attached hydrogen (secondary N) is 1. The Bertz CT molecular complexity index is 372. The molecule has 1 fully saturated rings. The molecule has 0 bridgehead atoms. The highest BCUT2D eigenvalue weighted by Crippen LogP contribution is 2.32. The van der Waals surface area contributed by atoms with E-state index in [-0.39, 0.29) is 10.6 Å². The van der Waals surface area contributed by atoms with E-state index in [4.69, 9.17) is 0 Å². The molecule has 74 valence electrons. The van der Waals surface area contributed by atoms with Crippen molar-refractivity contribution in [2.24, 2.45) is 0 Å². The van der Waals surface area contributed by atoms with Crippen LogP contribution in [0.4, 0.5) is 11.4 Å². The van der Waals surface area contributed by atoms with Crippen LogP contribution >= 0.6 is 0 Å². The van der Waals surface area contributed by atoms with Gasteiger partial charge in [-0.15, -0.1) is 0 Å². The maximum absolute atomic E-state index is 10.8. The minimum atomic E-state index is -0.319. The molecule has 1 aromatic carbocycles. The normalized spacial score (nSPS) is 15.2. The Morgan fingerprint density at radius 2 is 2.21 bits per heavy atom. The van der Waals surface area contributed by atoms with Crippen molar-refractivity contribution in [3.63, 3.8) is 0 Å². The van der Waals surface area contributed by atoms with Gasteiger partial charge in [-0.05, 0) is 25.8 Å². The molecule has 1 aliphatic carbocycles. The fourth-order valence-corrected chi connectivity index (χ4v) is 1.47. The molecule has 0 spiro atoms. The van der Waals surface area contributed by atoms with Gasteiger partial charge in [0.15, 0.2) is 0 Å². The molecule has 1 saturated carbocycles. The Labute approximate surface area is 82.1 Å². The minimum absolute atomic E-state index is 0.208. The van der Waals surface area contributed by atoms with Gasteiger partial charge in [-0.3, -0.25) is 10.1 Å². The first-order valence-corrected chi connectivity index (χ1v) is 4.69. The number of nitro groups is 1. The van der Waals surface area contributed by atoms with Gasteiger partial charge in [-0.2, -0.15) is 0 Å². The van der Waals surface area contributed by atoms with Crippen LogP contribution in [-0.2, 0) is 0 Å². The van der Waals surface area contributed by atoms with Crippen molar-refractivity contribution in [3.8, 4) is 0 Å². The predicted octanol–water partition coefficient (Wildman–Crippen LogP) is 2.48. The molecule has 4 heteroatoms. The van der Waals surface area contributed by atoms with Crippen molar-refractivity contribution in [2.75, 3.05) is 5.32 Å². The first kappa shape index (κ1) is 8.99. The highest BCUT2D eigenvalue weighted by Gasteiger charge is 2.25. The van der Waals surface area contributed by atoms with Gasteiger partial charge in [0.25, 0.3) is 5.69 Å². The maximum Gasteiger partial charge on any atom is 0.295 e. The van der Waals surface area contributed by atoms with Crippen molar-refractivity contribution < 1.29 is 4.92 Å². The second-order valence-electron chi connectivity index (χ2n) is 3.65. The maximum atomic E-state index is 10.8. The summed E-state index contributed by atoms with van der Waals surface area (Å²) in [7, 11) is 0. The van der Waals surface area contributed by atoms with Gasteiger partial charge in [0.1, 0.15) is 5.69 Å². The van der Waals surface area contributed by atoms with Gasteiger partial charge >= 0.3 is 0 Å². The summed E-state index contributed by atoms with van der Waals surface area (Å²) >= 11 is 0. The molecule has 0 unspecified atom stereocenters. The van der Waals surface area contributed by atoms with Gasteiger partial charge < -0.3 is 5.32 Å². The number of benzene rings is 1. The van der Waals surface area contributed by atoms with Gasteiger partial charge in [0, 0.05) is 11.6 Å². The largest absolute Gasteiger partial charge is 0.377 e. The molecule has 0 aromatic heterocycles. The number of nitrogens with zero attached hydrogens (tertiary/aromatic N) is 1. The summed E-state index contributed by atoms with van der Waals surface area (Å²) in [4.78, 5) is 10.5. The Balaban J connectivity index is 2.35. The third-order valence-corrected chi connectivity index (χ3v) is 2.36. The highest BCUT2D eigenvalue weighted by atomic mass is 16.6. The van der Waals surface area contributed by atoms with E-state index in [1.807, 2.05) is 6.07 Å². The summed E-state index contributed by atoms with van der Waals surface area (Å²) in [6.45, 7) is 1.76. The first-order valence-electron chi connectivity index (χ1n) is 4.69. The first-order chi connectivity index (χ1) is 6.68. The summed E-state index contributed by atoms with van der Waals surface area (Å²) < 4.78 is 0. The third-order valence-electron chi connectivity index (χ3n) is 2.36. The Kier molecular flexibility index (Phi) is 2.11. The third kappa shape index (κ3) is 1.69. The molecule has 0 amide bonds. The SMILES string of the molecule is Cc1cccc(NC2CC2)c1[N+](=O)[O-]. The van der Waals surface area contributed by atoms with Crippen LogP contribution in [0.25, 0.3) is 0 Å². The fraction of sp³-hybridized carbons (Fsp3) is 0.400. The van der Waals surface area contributed by atoms with Crippen molar-refractivity contribution >= 4 is 11.4 Å². The zero-order chi connectivity index (χ0) is 10.1. The Morgan fingerprint density at radius 3 is 2.79 bits per heavy atom. The highest BCUT2D eigenvalue weighted by molar-refractivity contribution is 5.65. The van der Waals surface area contributed by atoms with Gasteiger partial charge in [-0.25, -0.2) is 0 Å². The second-order valence-corrected chi connectivity index (χ2v) is 3.65. The summed E-state index contributed by atoms with van der Waals surface area (Å²) in [6, 6.07) is 5.81. The molecular weight excluding hydrogens is 180 g/mol. The number of rotatable bonds is 3. The molecule has 1 aromatic rings. The van der Waals surface area contributed by atoms with Crippen LogP contribution in [0.15, 0.2) is 18.2 Å². The molecule has 0 atom stereocenters. The van der Waals surface area contributed by atoms with Gasteiger partial charge in [0.2, 0.25) is 0 Å². The molecule has 0 radical (unpaired) electrons. The Morgan fingerprint density at radius 1 is 1.50 bits per heavy atom. The van der Waals surface area contributed by atoms with Crippen LogP contribution in [0.2, 0.25) is 0 Å². The van der Waals surface area contributed by atoms with Crippen LogP contribution < -0.4 is 5.32 Å². The molecule has 1 aliphatic rings. The van der Waals surface area contributed by atoms with E-state index in [9.17, 15) is 10.1 Å². The average Bonchev–Trinajstić information content (AvgIpc) is 2.87. The lowest BCUT2D eigenvalue weighted by Gasteiger charge is -2.06. The molecule has 0 aliphatic heterocycles. The van der Waals surface area contributed by atoms with Crippen LogP contribution in [0.1, 0.15) is 18.4 Å². The topological polar surface area (TPSA) is 55.2 Å². The van der Waals surface area contributed by atoms with Crippen LogP contribution in [0, 0.1) is 17.0 Å². The lowest BCUT2D eigenvalue weighted by Crippen LogP contribution is -2.04. The zero-order valence-electron chi connectivity index (χ0n) is 7.99. The van der Waals surface area contributed by atoms with E-state index < -0.39 is 0 Å². The molecule has 0 heterocycles. The number of para-hydroxylation sites is 1. The number of nitro benzene ring substituents is 1. The summed E-state index contributed by atoms with van der Waals surface area (Å²) in [5.74, 6) is 0. The quantitative estimate of drug-likeness (QED) is 0.591. The average molecular weight is 192 g/mol. The predicted molar refractivity (Wildman–Crippen MR) is 54.5 cm³/mol. The van der Waals surface area contributed by atoms with Crippen LogP contribution in [0.3, 0.4) is 0 Å². The molecular formula is C10H12N2O2. The van der Waals surface area contributed by atoms with Crippen molar-refractivity contribution in [1.29, 1.82) is 0 Å². The molecule has 0 saturated heterocycles. The number of hydrogen-bond acceptors (Lipinski definition) is 3. The van der Waals surface area contributed by atoms with E-state index >= 15 is 0 Å². The van der Waals surface area contributed by atoms with E-state index in [0.29, 0.717) is 17.3 Å². The minimum Gasteiger partial charge on any atom is -0.377 e. The number of hydrogen-bond donors (Lipinski definition) is 1. The number of aryl methyl sites for hydroxylation is 1. The molecule has 2 rings (SSSR count). The molecule has 1 N–H and O–H groups in total. The van der Waals surface area contributed by atoms with E-state index in [2.05, 4.69) is 5.32 Å². The van der Waals surface area contributed by atoms with Crippen molar-refractivity contribution in [2.45, 2.75) is 25.8 Å². The zero-order valence-corrected chi connectivity index (χ0v) is 7.99. The Hall–Kier alpha value is -1.58. The smallest absolute Gasteiger partial charge is 0.295 e. The van der Waals surface area contributed by atoms with E-state index in [1.54, 1.807) is 19.1 Å². The lowest BCUT2D eigenvalue weighted by atomic mass is 10.1. The van der Waals surface area contributed by atoms with Gasteiger partial charge in [-0.1, -0.05) is 12.1 Å². The van der Waals surface area contributed by atoms with E-state index in [1.165, 1.54) is 0 Å². The summed E-state index contributed by atoms with van der Waals surface area (Å²) in [5.41, 5.74) is 1.57. The summed E-state index contributed by atoms with van der Waals surface area (Å²) in [6.07, 6.45) is 2.23. The summed E-state index contributed by atoms with van der Waals surface area (Å²) in [5, 5.41) is 14.0. The van der Waals surface area contributed by atoms with Crippen molar-refractivity contribution in [3.05, 3.63) is 33.9 Å². The molecule has 4 nitrogen and oxygen atoms in total. The number of anilines is 1. The van der Waals surface area contributed by atoms with Crippen molar-refractivity contribution in [1.82, 2.24) is 0 Å². The van der Waals surface area contributed by atoms with Crippen LogP contribution in [0.5, 0.6) is 0 Å². The van der Waals surface area contributed by atoms with E-state index in [0.717, 1.165) is 12.8 Å². The lowest BCUT2D eigenvalue weighted by molar-refractivity contribution is -0.384.